The number of phenols is 5. The van der Waals surface area contributed by atoms with Gasteiger partial charge in [0.2, 0.25) is 17.9 Å². The van der Waals surface area contributed by atoms with E-state index in [0.29, 0.717) is 11.1 Å². The van der Waals surface area contributed by atoms with Crippen molar-refractivity contribution in [1.82, 2.24) is 0 Å². The second-order valence-electron chi connectivity index (χ2n) is 12.8. The van der Waals surface area contributed by atoms with E-state index in [1.165, 1.54) is 24.3 Å². The number of aromatic hydroxyl groups is 5. The van der Waals surface area contributed by atoms with Crippen LogP contribution in [-0.4, -0.2) is 94.8 Å². The minimum atomic E-state index is -1.87. The molecule has 9 N–H and O–H groups in total. The maximum atomic E-state index is 14.4. The Balaban J connectivity index is 1.52. The van der Waals surface area contributed by atoms with E-state index in [-0.39, 0.29) is 61.8 Å². The average Bonchev–Trinajstić information content (AvgIpc) is 3.01. The second-order valence-corrected chi connectivity index (χ2v) is 12.8. The van der Waals surface area contributed by atoms with E-state index >= 15 is 0 Å². The van der Waals surface area contributed by atoms with Crippen molar-refractivity contribution in [2.24, 2.45) is 0 Å². The van der Waals surface area contributed by atoms with Gasteiger partial charge >= 0.3 is 0 Å². The van der Waals surface area contributed by atoms with Crippen LogP contribution in [0.25, 0.3) is 0 Å². The summed E-state index contributed by atoms with van der Waals surface area (Å²) in [4.78, 5) is 28.3. The fourth-order valence-electron chi connectivity index (χ4n) is 7.50. The Morgan fingerprint density at radius 1 is 0.592 bits per heavy atom. The summed E-state index contributed by atoms with van der Waals surface area (Å²) in [7, 11) is 0. The van der Waals surface area contributed by atoms with Gasteiger partial charge in [0, 0.05) is 24.0 Å². The number of hydrogen-bond donors (Lipinski definition) is 9. The third-order valence-electron chi connectivity index (χ3n) is 9.51. The quantitative estimate of drug-likeness (QED) is 0.151. The molecule has 0 aromatic heterocycles. The molecule has 1 saturated heterocycles. The first-order chi connectivity index (χ1) is 23.2. The number of carbonyl (C=O) groups excluding carboxylic acids is 2. The van der Waals surface area contributed by atoms with E-state index in [1.54, 1.807) is 26.0 Å². The van der Waals surface area contributed by atoms with Crippen molar-refractivity contribution in [3.8, 4) is 34.5 Å². The zero-order chi connectivity index (χ0) is 35.2. The molecule has 0 unspecified atom stereocenters. The highest BCUT2D eigenvalue weighted by Gasteiger charge is 2.48. The lowest BCUT2D eigenvalue weighted by molar-refractivity contribution is -0.277. The van der Waals surface area contributed by atoms with E-state index in [4.69, 9.17) is 9.47 Å². The molecular weight excluding hydrogens is 640 g/mol. The number of ketones is 2. The van der Waals surface area contributed by atoms with Crippen molar-refractivity contribution in [3.05, 3.63) is 104 Å². The van der Waals surface area contributed by atoms with Crippen LogP contribution in [0.3, 0.4) is 0 Å². The number of carbonyl (C=O) groups is 2. The standard InChI is InChI=1S/C36H32O13/c1-12-3-16-25(18-7-14(38)9-22(42)29(18)32(44)27(16)20(40)5-12)26-17-4-13(2)6-21(41)28(17)33(45)30-19(26)8-15(39)10-23(30)48-36-35(47)34(46)31(43)24(11-37)49-36/h3-10,24-26,31,34-43,46-47H,11H2,1-2H3/t24-,25+,26-,31-,34+,35-,36-/m1/s1. The van der Waals surface area contributed by atoms with Crippen molar-refractivity contribution in [1.29, 1.82) is 0 Å². The third kappa shape index (κ3) is 4.89. The van der Waals surface area contributed by atoms with Crippen molar-refractivity contribution in [3.63, 3.8) is 0 Å². The highest BCUT2D eigenvalue weighted by molar-refractivity contribution is 6.18. The van der Waals surface area contributed by atoms with E-state index < -0.39 is 78.0 Å². The highest BCUT2D eigenvalue weighted by Crippen LogP contribution is 2.57. The molecule has 4 aromatic carbocycles. The molecule has 49 heavy (non-hydrogen) atoms. The number of aliphatic hydroxyl groups is 4. The van der Waals surface area contributed by atoms with Crippen LogP contribution in [0.15, 0.2) is 48.5 Å². The van der Waals surface area contributed by atoms with E-state index in [2.05, 4.69) is 0 Å². The van der Waals surface area contributed by atoms with Gasteiger partial charge in [-0.15, -0.1) is 0 Å². The van der Waals surface area contributed by atoms with Crippen LogP contribution < -0.4 is 4.74 Å². The predicted octanol–water partition coefficient (Wildman–Crippen LogP) is 2.06. The van der Waals surface area contributed by atoms with Gasteiger partial charge in [0.1, 0.15) is 58.9 Å². The summed E-state index contributed by atoms with van der Waals surface area (Å²) < 4.78 is 11.4. The molecule has 7 rings (SSSR count). The Bertz CT molecular complexity index is 2010. The molecule has 1 heterocycles. The second kappa shape index (κ2) is 11.5. The molecule has 0 bridgehead atoms. The van der Waals surface area contributed by atoms with Gasteiger partial charge in [-0.1, -0.05) is 12.1 Å². The van der Waals surface area contributed by atoms with E-state index in [9.17, 15) is 55.5 Å². The van der Waals surface area contributed by atoms with Crippen molar-refractivity contribution >= 4 is 11.6 Å². The normalized spacial score (nSPS) is 25.6. The number of aliphatic hydroxyl groups excluding tert-OH is 4. The van der Waals surface area contributed by atoms with Crippen LogP contribution in [0.4, 0.5) is 0 Å². The van der Waals surface area contributed by atoms with Crippen molar-refractivity contribution in [2.75, 3.05) is 6.61 Å². The first kappa shape index (κ1) is 32.4. The lowest BCUT2D eigenvalue weighted by Gasteiger charge is -2.41. The SMILES string of the molecule is Cc1cc(O)c2c(c1)[C@H]([C@@H]1c3cc(C)cc(O)c3C(=O)c3c(O[C@@H]4O[C@H](CO)[C@@H](O)[C@H](O)[C@H]4O)cc(O)cc31)c1cc(O)cc(O)c1C2=O. The zero-order valence-electron chi connectivity index (χ0n) is 26.0. The molecule has 4 aromatic rings. The topological polar surface area (TPSA) is 235 Å². The molecule has 13 heteroatoms. The largest absolute Gasteiger partial charge is 0.508 e. The predicted molar refractivity (Wildman–Crippen MR) is 169 cm³/mol. The Morgan fingerprint density at radius 3 is 1.57 bits per heavy atom. The minimum Gasteiger partial charge on any atom is -0.508 e. The van der Waals surface area contributed by atoms with Gasteiger partial charge in [0.05, 0.1) is 28.9 Å². The van der Waals surface area contributed by atoms with Gasteiger partial charge in [0.25, 0.3) is 0 Å². The Hall–Kier alpha value is -5.18. The number of rotatable bonds is 4. The number of benzene rings is 4. The number of ether oxygens (including phenoxy) is 2. The average molecular weight is 673 g/mol. The summed E-state index contributed by atoms with van der Waals surface area (Å²) >= 11 is 0. The van der Waals surface area contributed by atoms with Gasteiger partial charge in [-0.3, -0.25) is 9.59 Å². The monoisotopic (exact) mass is 672 g/mol. The lowest BCUT2D eigenvalue weighted by Crippen LogP contribution is -2.60. The van der Waals surface area contributed by atoms with Gasteiger partial charge in [0.15, 0.2) is 0 Å². The summed E-state index contributed by atoms with van der Waals surface area (Å²) in [5, 5.41) is 96.1. The molecule has 254 valence electrons. The van der Waals surface area contributed by atoms with E-state index in [0.717, 1.165) is 12.1 Å². The summed E-state index contributed by atoms with van der Waals surface area (Å²) in [6.45, 7) is 2.63. The molecule has 0 amide bonds. The molecule has 0 spiro atoms. The zero-order valence-corrected chi connectivity index (χ0v) is 26.0. The van der Waals surface area contributed by atoms with Crippen LogP contribution in [0.5, 0.6) is 34.5 Å². The molecule has 3 aliphatic rings. The third-order valence-corrected chi connectivity index (χ3v) is 9.51. The first-order valence-corrected chi connectivity index (χ1v) is 15.4. The fraction of sp³-hybridized carbons (Fsp3) is 0.278. The van der Waals surface area contributed by atoms with Crippen LogP contribution >= 0.6 is 0 Å². The smallest absolute Gasteiger partial charge is 0.229 e. The lowest BCUT2D eigenvalue weighted by atomic mass is 9.63. The number of fused-ring (bicyclic) bond motifs is 4. The van der Waals surface area contributed by atoms with Crippen molar-refractivity contribution in [2.45, 2.75) is 56.4 Å². The molecule has 0 radical (unpaired) electrons. The van der Waals surface area contributed by atoms with Crippen molar-refractivity contribution < 1.29 is 65.0 Å². The van der Waals surface area contributed by atoms with Gasteiger partial charge in [-0.2, -0.15) is 0 Å². The maximum absolute atomic E-state index is 14.4. The number of hydrogen-bond acceptors (Lipinski definition) is 13. The summed E-state index contributed by atoms with van der Waals surface area (Å²) in [5.41, 5.74) is 1.21. The van der Waals surface area contributed by atoms with Gasteiger partial charge in [-0.25, -0.2) is 0 Å². The molecule has 1 fully saturated rings. The number of aryl methyl sites for hydroxylation is 2. The Labute approximate surface area is 278 Å². The minimum absolute atomic E-state index is 0.113. The van der Waals surface area contributed by atoms with Crippen LogP contribution in [0.1, 0.15) is 77.1 Å². The molecule has 0 saturated carbocycles. The van der Waals surface area contributed by atoms with Gasteiger partial charge in [-0.05, 0) is 71.5 Å². The van der Waals surface area contributed by atoms with Crippen LogP contribution in [0.2, 0.25) is 0 Å². The first-order valence-electron chi connectivity index (χ1n) is 15.4. The molecule has 7 atom stereocenters. The van der Waals surface area contributed by atoms with Gasteiger partial charge < -0.3 is 55.4 Å². The Morgan fingerprint density at radius 2 is 1.04 bits per heavy atom. The summed E-state index contributed by atoms with van der Waals surface area (Å²) in [6.07, 6.45) is -8.48. The fourth-order valence-corrected chi connectivity index (χ4v) is 7.50. The highest BCUT2D eigenvalue weighted by atomic mass is 16.7. The molecular formula is C36H32O13. The summed E-state index contributed by atoms with van der Waals surface area (Å²) in [5.74, 6) is -6.05. The van der Waals surface area contributed by atoms with Crippen LogP contribution in [0, 0.1) is 13.8 Å². The molecule has 1 aliphatic heterocycles. The molecule has 13 nitrogen and oxygen atoms in total. The van der Waals surface area contributed by atoms with Crippen LogP contribution in [-0.2, 0) is 4.74 Å². The molecule has 2 aliphatic carbocycles. The number of phenolic OH excluding ortho intramolecular Hbond substituents is 5. The maximum Gasteiger partial charge on any atom is 0.229 e. The summed E-state index contributed by atoms with van der Waals surface area (Å²) in [6, 6.07) is 10.7. The Kier molecular flexibility index (Phi) is 7.57. The van der Waals surface area contributed by atoms with E-state index in [1.807, 2.05) is 0 Å².